The van der Waals surface area contributed by atoms with Crippen LogP contribution < -0.4 is 10.2 Å². The summed E-state index contributed by atoms with van der Waals surface area (Å²) in [6.07, 6.45) is 4.35. The molecule has 1 fully saturated rings. The highest BCUT2D eigenvalue weighted by Crippen LogP contribution is 2.26. The first-order valence-electron chi connectivity index (χ1n) is 6.80. The van der Waals surface area contributed by atoms with Gasteiger partial charge in [-0.05, 0) is 47.3 Å². The van der Waals surface area contributed by atoms with E-state index in [1.54, 1.807) is 0 Å². The van der Waals surface area contributed by atoms with Gasteiger partial charge in [0.15, 0.2) is 0 Å². The molecule has 1 aliphatic rings. The summed E-state index contributed by atoms with van der Waals surface area (Å²) in [6.45, 7) is 8.73. The van der Waals surface area contributed by atoms with E-state index in [1.807, 2.05) is 6.20 Å². The van der Waals surface area contributed by atoms with E-state index >= 15 is 0 Å². The highest BCUT2D eigenvalue weighted by Gasteiger charge is 2.21. The van der Waals surface area contributed by atoms with Gasteiger partial charge in [0.2, 0.25) is 0 Å². The van der Waals surface area contributed by atoms with Crippen molar-refractivity contribution in [3.8, 4) is 0 Å². The first kappa shape index (κ1) is 13.8. The van der Waals surface area contributed by atoms with E-state index in [9.17, 15) is 0 Å². The third-order valence-electron chi connectivity index (χ3n) is 3.38. The molecule has 2 heterocycles. The fourth-order valence-electron chi connectivity index (χ4n) is 2.42. The maximum atomic E-state index is 4.61. The van der Waals surface area contributed by atoms with E-state index in [0.717, 1.165) is 48.8 Å². The van der Waals surface area contributed by atoms with E-state index < -0.39 is 0 Å². The van der Waals surface area contributed by atoms with Crippen LogP contribution in [0.2, 0.25) is 0 Å². The van der Waals surface area contributed by atoms with Gasteiger partial charge in [-0.25, -0.2) is 4.98 Å². The first-order valence-corrected chi connectivity index (χ1v) is 7.60. The van der Waals surface area contributed by atoms with Gasteiger partial charge in [-0.15, -0.1) is 0 Å². The predicted octanol–water partition coefficient (Wildman–Crippen LogP) is 3.19. The second-order valence-corrected chi connectivity index (χ2v) is 6.07. The minimum Gasteiger partial charge on any atom is -0.356 e. The smallest absolute Gasteiger partial charge is 0.133 e. The van der Waals surface area contributed by atoms with Crippen molar-refractivity contribution in [3.05, 3.63) is 22.3 Å². The number of hydrogen-bond donors (Lipinski definition) is 1. The lowest BCUT2D eigenvalue weighted by Gasteiger charge is -2.21. The van der Waals surface area contributed by atoms with Crippen LogP contribution in [0.3, 0.4) is 0 Å². The molecule has 0 aliphatic carbocycles. The van der Waals surface area contributed by atoms with Gasteiger partial charge >= 0.3 is 0 Å². The summed E-state index contributed by atoms with van der Waals surface area (Å²) in [4.78, 5) is 7.03. The van der Waals surface area contributed by atoms with Crippen LogP contribution in [0.25, 0.3) is 0 Å². The monoisotopic (exact) mass is 311 g/mol. The Morgan fingerprint density at radius 3 is 3.06 bits per heavy atom. The van der Waals surface area contributed by atoms with Crippen molar-refractivity contribution in [1.29, 1.82) is 0 Å². The Hall–Kier alpha value is -0.610. The Morgan fingerprint density at radius 1 is 1.56 bits per heavy atom. The molecule has 1 unspecified atom stereocenters. The minimum atomic E-state index is 0.784. The van der Waals surface area contributed by atoms with Crippen molar-refractivity contribution in [2.45, 2.75) is 33.2 Å². The summed E-state index contributed by atoms with van der Waals surface area (Å²) < 4.78 is 1.06. The first-order chi connectivity index (χ1) is 8.70. The van der Waals surface area contributed by atoms with E-state index in [2.05, 4.69) is 51.0 Å². The molecule has 1 atom stereocenters. The third-order valence-corrected chi connectivity index (χ3v) is 3.81. The number of aromatic nitrogens is 1. The zero-order chi connectivity index (χ0) is 13.0. The molecule has 18 heavy (non-hydrogen) atoms. The Kier molecular flexibility index (Phi) is 5.01. The zero-order valence-electron chi connectivity index (χ0n) is 11.2. The average molecular weight is 312 g/mol. The number of hydrogen-bond acceptors (Lipinski definition) is 3. The Bertz CT molecular complexity index is 395. The fraction of sp³-hybridized carbons (Fsp3) is 0.643. The standard InChI is InChI=1S/C14H22BrN3/c1-3-5-16-8-12-7-13(15)9-17-14(12)18-6-4-11(2)10-18/h7,9,11,16H,3-6,8,10H2,1-2H3. The lowest BCUT2D eigenvalue weighted by Crippen LogP contribution is -2.24. The Morgan fingerprint density at radius 2 is 2.39 bits per heavy atom. The van der Waals surface area contributed by atoms with E-state index in [-0.39, 0.29) is 0 Å². The van der Waals surface area contributed by atoms with Crippen molar-refractivity contribution in [1.82, 2.24) is 10.3 Å². The van der Waals surface area contributed by atoms with Crippen LogP contribution in [0.5, 0.6) is 0 Å². The molecule has 1 aromatic rings. The van der Waals surface area contributed by atoms with Crippen molar-refractivity contribution in [3.63, 3.8) is 0 Å². The molecule has 0 radical (unpaired) electrons. The number of nitrogens with one attached hydrogen (secondary N) is 1. The van der Waals surface area contributed by atoms with Gasteiger partial charge < -0.3 is 10.2 Å². The fourth-order valence-corrected chi connectivity index (χ4v) is 2.79. The van der Waals surface area contributed by atoms with Gasteiger partial charge in [-0.2, -0.15) is 0 Å². The van der Waals surface area contributed by atoms with Gasteiger partial charge in [0, 0.05) is 35.9 Å². The maximum Gasteiger partial charge on any atom is 0.133 e. The molecule has 4 heteroatoms. The van der Waals surface area contributed by atoms with E-state index in [1.165, 1.54) is 12.0 Å². The molecule has 1 N–H and O–H groups in total. The Labute approximate surface area is 118 Å². The molecule has 3 nitrogen and oxygen atoms in total. The molecule has 1 aromatic heterocycles. The molecule has 1 saturated heterocycles. The lowest BCUT2D eigenvalue weighted by molar-refractivity contribution is 0.655. The van der Waals surface area contributed by atoms with Crippen molar-refractivity contribution in [2.24, 2.45) is 5.92 Å². The van der Waals surface area contributed by atoms with Crippen LogP contribution in [0, 0.1) is 5.92 Å². The van der Waals surface area contributed by atoms with Crippen molar-refractivity contribution >= 4 is 21.7 Å². The van der Waals surface area contributed by atoms with E-state index in [4.69, 9.17) is 0 Å². The number of pyridine rings is 1. The normalized spacial score (nSPS) is 19.5. The zero-order valence-corrected chi connectivity index (χ0v) is 12.8. The highest BCUT2D eigenvalue weighted by atomic mass is 79.9. The van der Waals surface area contributed by atoms with Gasteiger partial charge in [0.1, 0.15) is 5.82 Å². The maximum absolute atomic E-state index is 4.61. The summed E-state index contributed by atoms with van der Waals surface area (Å²) in [5, 5.41) is 3.47. The van der Waals surface area contributed by atoms with Crippen LogP contribution >= 0.6 is 15.9 Å². The molecule has 1 aliphatic heterocycles. The van der Waals surface area contributed by atoms with Crippen LogP contribution in [0.4, 0.5) is 5.82 Å². The topological polar surface area (TPSA) is 28.2 Å². The molecule has 0 aromatic carbocycles. The van der Waals surface area contributed by atoms with E-state index in [0.29, 0.717) is 0 Å². The number of rotatable bonds is 5. The molecule has 0 bridgehead atoms. The second kappa shape index (κ2) is 6.53. The highest BCUT2D eigenvalue weighted by molar-refractivity contribution is 9.10. The molecular formula is C14H22BrN3. The molecule has 2 rings (SSSR count). The number of nitrogens with zero attached hydrogens (tertiary/aromatic N) is 2. The second-order valence-electron chi connectivity index (χ2n) is 5.15. The van der Waals surface area contributed by atoms with Gasteiger partial charge in [0.05, 0.1) is 0 Å². The minimum absolute atomic E-state index is 0.784. The van der Waals surface area contributed by atoms with Crippen LogP contribution in [-0.2, 0) is 6.54 Å². The predicted molar refractivity (Wildman–Crippen MR) is 79.9 cm³/mol. The SMILES string of the molecule is CCCNCc1cc(Br)cnc1N1CCC(C)C1. The summed E-state index contributed by atoms with van der Waals surface area (Å²) in [6, 6.07) is 2.19. The van der Waals surface area contributed by atoms with Crippen LogP contribution in [0.1, 0.15) is 32.3 Å². The third kappa shape index (κ3) is 3.45. The number of halogens is 1. The average Bonchev–Trinajstić information content (AvgIpc) is 2.76. The summed E-state index contributed by atoms with van der Waals surface area (Å²) in [5.41, 5.74) is 1.30. The summed E-state index contributed by atoms with van der Waals surface area (Å²) >= 11 is 3.52. The molecule has 0 amide bonds. The Balaban J connectivity index is 2.12. The number of anilines is 1. The lowest BCUT2D eigenvalue weighted by atomic mass is 10.2. The van der Waals surface area contributed by atoms with Gasteiger partial charge in [-0.1, -0.05) is 13.8 Å². The molecule has 0 spiro atoms. The van der Waals surface area contributed by atoms with Crippen molar-refractivity contribution in [2.75, 3.05) is 24.5 Å². The van der Waals surface area contributed by atoms with Crippen LogP contribution in [0.15, 0.2) is 16.7 Å². The van der Waals surface area contributed by atoms with Gasteiger partial charge in [-0.3, -0.25) is 0 Å². The molecule has 100 valence electrons. The summed E-state index contributed by atoms with van der Waals surface area (Å²) in [7, 11) is 0. The quantitative estimate of drug-likeness (QED) is 0.846. The van der Waals surface area contributed by atoms with Crippen LogP contribution in [-0.4, -0.2) is 24.6 Å². The molecular weight excluding hydrogens is 290 g/mol. The summed E-state index contributed by atoms with van der Waals surface area (Å²) in [5.74, 6) is 1.94. The van der Waals surface area contributed by atoms with Crippen molar-refractivity contribution < 1.29 is 0 Å². The molecule has 0 saturated carbocycles. The van der Waals surface area contributed by atoms with Gasteiger partial charge in [0.25, 0.3) is 0 Å². The largest absolute Gasteiger partial charge is 0.356 e.